The first-order chi connectivity index (χ1) is 11.8. The number of anilines is 1. The van der Waals surface area contributed by atoms with Crippen molar-refractivity contribution >= 4 is 38.9 Å². The lowest BCUT2D eigenvalue weighted by Crippen LogP contribution is -2.30. The number of hydrogen-bond donors (Lipinski definition) is 2. The zero-order valence-corrected chi connectivity index (χ0v) is 16.3. The highest BCUT2D eigenvalue weighted by molar-refractivity contribution is 9.10. The molecule has 2 rings (SSSR count). The van der Waals surface area contributed by atoms with Crippen molar-refractivity contribution in [3.63, 3.8) is 0 Å². The number of benzene rings is 1. The lowest BCUT2D eigenvalue weighted by atomic mass is 10.2. The Morgan fingerprint density at radius 2 is 2.16 bits per heavy atom. The van der Waals surface area contributed by atoms with E-state index in [2.05, 4.69) is 36.4 Å². The maximum absolute atomic E-state index is 12.5. The van der Waals surface area contributed by atoms with Gasteiger partial charge in [-0.3, -0.25) is 4.68 Å². The Morgan fingerprint density at radius 3 is 2.80 bits per heavy atom. The number of aromatic nitrogens is 2. The highest BCUT2D eigenvalue weighted by Gasteiger charge is 2.11. The first-order valence-corrected chi connectivity index (χ1v) is 8.85. The van der Waals surface area contributed by atoms with Gasteiger partial charge in [0.05, 0.1) is 15.9 Å². The first-order valence-electron chi connectivity index (χ1n) is 7.65. The Bertz CT molecular complexity index is 719. The van der Waals surface area contributed by atoms with Gasteiger partial charge in [0, 0.05) is 19.3 Å². The van der Waals surface area contributed by atoms with Crippen molar-refractivity contribution in [2.24, 2.45) is 0 Å². The number of alkyl halides is 2. The van der Waals surface area contributed by atoms with Crippen LogP contribution in [0.2, 0.25) is 0 Å². The molecule has 0 radical (unpaired) electrons. The minimum atomic E-state index is -2.89. The van der Waals surface area contributed by atoms with E-state index < -0.39 is 6.61 Å². The van der Waals surface area contributed by atoms with Gasteiger partial charge in [0.15, 0.2) is 5.11 Å². The van der Waals surface area contributed by atoms with Crippen molar-refractivity contribution in [3.05, 3.63) is 40.1 Å². The van der Waals surface area contributed by atoms with Gasteiger partial charge in [-0.15, -0.1) is 0 Å². The molecule has 0 aliphatic carbocycles. The van der Waals surface area contributed by atoms with E-state index in [4.69, 9.17) is 12.2 Å². The third kappa shape index (κ3) is 6.24. The SMILES string of the molecule is Cc1ccc(NC(=S)NCCCn2cc(Br)c(C)n2)c(OC(F)F)c1. The average molecular weight is 433 g/mol. The highest BCUT2D eigenvalue weighted by Crippen LogP contribution is 2.27. The second kappa shape index (κ2) is 9.10. The maximum atomic E-state index is 12.5. The number of ether oxygens (including phenoxy) is 1. The Labute approximate surface area is 158 Å². The van der Waals surface area contributed by atoms with Crippen LogP contribution >= 0.6 is 28.1 Å². The van der Waals surface area contributed by atoms with Crippen LogP contribution in [0.3, 0.4) is 0 Å². The van der Waals surface area contributed by atoms with Crippen molar-refractivity contribution < 1.29 is 13.5 Å². The zero-order chi connectivity index (χ0) is 18.4. The van der Waals surface area contributed by atoms with Gasteiger partial charge in [-0.1, -0.05) is 6.07 Å². The summed E-state index contributed by atoms with van der Waals surface area (Å²) in [5.41, 5.74) is 2.16. The van der Waals surface area contributed by atoms with Crippen LogP contribution in [0.4, 0.5) is 14.5 Å². The van der Waals surface area contributed by atoms with E-state index in [1.165, 1.54) is 6.07 Å². The molecule has 0 fully saturated rings. The van der Waals surface area contributed by atoms with E-state index in [1.54, 1.807) is 19.1 Å². The molecule has 1 aromatic carbocycles. The topological polar surface area (TPSA) is 51.1 Å². The van der Waals surface area contributed by atoms with E-state index in [0.717, 1.165) is 28.7 Å². The second-order valence-electron chi connectivity index (χ2n) is 5.44. The standard InChI is InChI=1S/C16H19BrF2N4OS/c1-10-4-5-13(14(8-10)24-15(18)19)21-16(25)20-6-3-7-23-9-12(17)11(2)22-23/h4-5,8-9,15H,3,6-7H2,1-2H3,(H2,20,21,25). The van der Waals surface area contributed by atoms with Crippen LogP contribution < -0.4 is 15.4 Å². The van der Waals surface area contributed by atoms with Gasteiger partial charge in [-0.25, -0.2) is 0 Å². The van der Waals surface area contributed by atoms with E-state index in [-0.39, 0.29) is 5.75 Å². The summed E-state index contributed by atoms with van der Waals surface area (Å²) in [5.74, 6) is 0.0658. The summed E-state index contributed by atoms with van der Waals surface area (Å²) in [4.78, 5) is 0. The molecular weight excluding hydrogens is 414 g/mol. The minimum absolute atomic E-state index is 0.0658. The molecule has 0 unspecified atom stereocenters. The van der Waals surface area contributed by atoms with E-state index >= 15 is 0 Å². The van der Waals surface area contributed by atoms with Crippen LogP contribution in [0.5, 0.6) is 5.75 Å². The lowest BCUT2D eigenvalue weighted by molar-refractivity contribution is -0.0493. The average Bonchev–Trinajstić information content (AvgIpc) is 2.84. The molecule has 0 saturated heterocycles. The van der Waals surface area contributed by atoms with E-state index in [0.29, 0.717) is 17.3 Å². The van der Waals surface area contributed by atoms with Gasteiger partial charge >= 0.3 is 6.61 Å². The normalized spacial score (nSPS) is 10.8. The van der Waals surface area contributed by atoms with Gasteiger partial charge in [0.2, 0.25) is 0 Å². The molecule has 0 aliphatic rings. The van der Waals surface area contributed by atoms with Crippen molar-refractivity contribution in [1.29, 1.82) is 0 Å². The van der Waals surface area contributed by atoms with Crippen molar-refractivity contribution in [2.75, 3.05) is 11.9 Å². The molecule has 2 aromatic rings. The van der Waals surface area contributed by atoms with Crippen molar-refractivity contribution in [3.8, 4) is 5.75 Å². The summed E-state index contributed by atoms with van der Waals surface area (Å²) >= 11 is 8.62. The molecule has 9 heteroatoms. The van der Waals surface area contributed by atoms with Gasteiger partial charge in [0.1, 0.15) is 5.75 Å². The number of aryl methyl sites for hydroxylation is 3. The van der Waals surface area contributed by atoms with Gasteiger partial charge in [0.25, 0.3) is 0 Å². The van der Waals surface area contributed by atoms with Crippen LogP contribution in [0.1, 0.15) is 17.7 Å². The molecule has 1 aromatic heterocycles. The smallest absolute Gasteiger partial charge is 0.387 e. The van der Waals surface area contributed by atoms with Gasteiger partial charge in [-0.2, -0.15) is 13.9 Å². The number of hydrogen-bond acceptors (Lipinski definition) is 3. The summed E-state index contributed by atoms with van der Waals surface area (Å²) in [6, 6.07) is 4.99. The summed E-state index contributed by atoms with van der Waals surface area (Å²) in [6.07, 6.45) is 2.73. The second-order valence-corrected chi connectivity index (χ2v) is 6.70. The lowest BCUT2D eigenvalue weighted by Gasteiger charge is -2.15. The molecule has 5 nitrogen and oxygen atoms in total. The molecule has 25 heavy (non-hydrogen) atoms. The Morgan fingerprint density at radius 1 is 1.40 bits per heavy atom. The molecule has 0 amide bonds. The largest absolute Gasteiger partial charge is 0.433 e. The molecule has 1 heterocycles. The molecule has 0 saturated carbocycles. The fraction of sp³-hybridized carbons (Fsp3) is 0.375. The molecule has 2 N–H and O–H groups in total. The summed E-state index contributed by atoms with van der Waals surface area (Å²) in [7, 11) is 0. The monoisotopic (exact) mass is 432 g/mol. The third-order valence-electron chi connectivity index (χ3n) is 3.34. The first kappa shape index (κ1) is 19.6. The van der Waals surface area contributed by atoms with Gasteiger partial charge in [-0.05, 0) is 66.1 Å². The molecule has 0 atom stereocenters. The zero-order valence-electron chi connectivity index (χ0n) is 13.9. The molecule has 0 bridgehead atoms. The van der Waals surface area contributed by atoms with Gasteiger partial charge < -0.3 is 15.4 Å². The number of thiocarbonyl (C=S) groups is 1. The fourth-order valence-corrected chi connectivity index (χ4v) is 2.67. The number of rotatable bonds is 7. The summed E-state index contributed by atoms with van der Waals surface area (Å²) in [5, 5.41) is 10.6. The molecular formula is C16H19BrF2N4OS. The Balaban J connectivity index is 1.82. The summed E-state index contributed by atoms with van der Waals surface area (Å²) < 4.78 is 32.4. The summed E-state index contributed by atoms with van der Waals surface area (Å²) in [6.45, 7) is 2.21. The van der Waals surface area contributed by atoms with Crippen molar-refractivity contribution in [2.45, 2.75) is 33.4 Å². The van der Waals surface area contributed by atoms with Crippen LogP contribution in [0.15, 0.2) is 28.9 Å². The van der Waals surface area contributed by atoms with Crippen LogP contribution in [0, 0.1) is 13.8 Å². The highest BCUT2D eigenvalue weighted by atomic mass is 79.9. The fourth-order valence-electron chi connectivity index (χ4n) is 2.14. The van der Waals surface area contributed by atoms with E-state index in [1.807, 2.05) is 17.8 Å². The predicted molar refractivity (Wildman–Crippen MR) is 101 cm³/mol. The minimum Gasteiger partial charge on any atom is -0.433 e. The van der Waals surface area contributed by atoms with Crippen molar-refractivity contribution in [1.82, 2.24) is 15.1 Å². The Kier molecular flexibility index (Phi) is 7.12. The number of nitrogens with zero attached hydrogens (tertiary/aromatic N) is 2. The van der Waals surface area contributed by atoms with Crippen LogP contribution in [-0.4, -0.2) is 28.0 Å². The molecule has 0 spiro atoms. The molecule has 136 valence electrons. The third-order valence-corrected chi connectivity index (χ3v) is 4.36. The van der Waals surface area contributed by atoms with Crippen LogP contribution in [-0.2, 0) is 6.54 Å². The van der Waals surface area contributed by atoms with E-state index in [9.17, 15) is 8.78 Å². The predicted octanol–water partition coefficient (Wildman–Crippen LogP) is 4.24. The molecule has 0 aliphatic heterocycles. The Hall–Kier alpha value is -1.74. The number of halogens is 3. The quantitative estimate of drug-likeness (QED) is 0.506. The maximum Gasteiger partial charge on any atom is 0.387 e. The van der Waals surface area contributed by atoms with Crippen LogP contribution in [0.25, 0.3) is 0 Å². The number of nitrogens with one attached hydrogen (secondary N) is 2.